The third kappa shape index (κ3) is 12.1. The number of aliphatic hydroxyl groups is 1. The second-order valence-corrected chi connectivity index (χ2v) is 5.40. The van der Waals surface area contributed by atoms with E-state index in [4.69, 9.17) is 24.1 Å². The van der Waals surface area contributed by atoms with E-state index in [9.17, 15) is 0 Å². The Kier molecular flexibility index (Phi) is 13.2. The fourth-order valence-electron chi connectivity index (χ4n) is 2.47. The van der Waals surface area contributed by atoms with Crippen LogP contribution in [0.4, 0.5) is 0 Å². The lowest BCUT2D eigenvalue weighted by atomic mass is 9.99. The van der Waals surface area contributed by atoms with Gasteiger partial charge in [-0.05, 0) is 12.8 Å². The molecule has 1 rings (SSSR count). The Bertz CT molecular complexity index is 205. The Morgan fingerprint density at radius 3 is 1.67 bits per heavy atom. The average Bonchev–Trinajstić information content (AvgIpc) is 2.46. The van der Waals surface area contributed by atoms with Crippen molar-refractivity contribution in [3.8, 4) is 0 Å². The van der Waals surface area contributed by atoms with Crippen molar-refractivity contribution in [2.24, 2.45) is 0 Å². The van der Waals surface area contributed by atoms with Gasteiger partial charge >= 0.3 is 0 Å². The zero-order valence-electron chi connectivity index (χ0n) is 13.3. The lowest BCUT2D eigenvalue weighted by Gasteiger charge is -2.20. The highest BCUT2D eigenvalue weighted by Crippen LogP contribution is 2.19. The number of aliphatic hydroxyl groups excluding tert-OH is 1. The Hall–Kier alpha value is -0.200. The zero-order valence-corrected chi connectivity index (χ0v) is 13.3. The molecule has 0 aromatic carbocycles. The van der Waals surface area contributed by atoms with Crippen molar-refractivity contribution in [1.82, 2.24) is 0 Å². The highest BCUT2D eigenvalue weighted by molar-refractivity contribution is 4.62. The first-order valence-electron chi connectivity index (χ1n) is 8.39. The summed E-state index contributed by atoms with van der Waals surface area (Å²) in [5.74, 6) is 0. The number of hydrogen-bond donors (Lipinski definition) is 1. The van der Waals surface area contributed by atoms with E-state index in [1.807, 2.05) is 0 Å². The molecule has 0 bridgehead atoms. The van der Waals surface area contributed by atoms with Crippen LogP contribution in [-0.4, -0.2) is 64.1 Å². The van der Waals surface area contributed by atoms with E-state index in [0.29, 0.717) is 52.4 Å². The van der Waals surface area contributed by atoms with Crippen LogP contribution in [0.15, 0.2) is 0 Å². The van der Waals surface area contributed by atoms with E-state index in [0.717, 1.165) is 0 Å². The van der Waals surface area contributed by atoms with Gasteiger partial charge in [-0.25, -0.2) is 0 Å². The molecular weight excluding hydrogens is 272 g/mol. The summed E-state index contributed by atoms with van der Waals surface area (Å²) in [5.41, 5.74) is 0. The first kappa shape index (κ1) is 18.8. The topological polar surface area (TPSA) is 57.2 Å². The van der Waals surface area contributed by atoms with Gasteiger partial charge in [0, 0.05) is 0 Å². The van der Waals surface area contributed by atoms with Gasteiger partial charge < -0.3 is 24.1 Å². The number of ether oxygens (including phenoxy) is 4. The highest BCUT2D eigenvalue weighted by Gasteiger charge is 2.11. The molecule has 1 N–H and O–H groups in total. The third-order valence-electron chi connectivity index (χ3n) is 3.61. The molecule has 0 spiro atoms. The standard InChI is InChI=1S/C16H32O5/c17-8-9-18-10-11-19-12-13-20-14-15-21-16-6-4-2-1-3-5-7-16/h16-17H,1-15H2. The van der Waals surface area contributed by atoms with Crippen molar-refractivity contribution in [3.63, 3.8) is 0 Å². The molecule has 5 nitrogen and oxygen atoms in total. The van der Waals surface area contributed by atoms with Gasteiger partial charge in [0.25, 0.3) is 0 Å². The minimum Gasteiger partial charge on any atom is -0.394 e. The van der Waals surface area contributed by atoms with Gasteiger partial charge in [0.05, 0.1) is 59.0 Å². The zero-order chi connectivity index (χ0) is 15.0. The summed E-state index contributed by atoms with van der Waals surface area (Å²) in [6.07, 6.45) is 9.56. The number of rotatable bonds is 12. The van der Waals surface area contributed by atoms with Crippen LogP contribution in [0.3, 0.4) is 0 Å². The monoisotopic (exact) mass is 304 g/mol. The van der Waals surface area contributed by atoms with Crippen molar-refractivity contribution in [2.75, 3.05) is 52.9 Å². The van der Waals surface area contributed by atoms with Crippen molar-refractivity contribution >= 4 is 0 Å². The maximum absolute atomic E-state index is 8.52. The van der Waals surface area contributed by atoms with Crippen molar-refractivity contribution < 1.29 is 24.1 Å². The Labute approximate surface area is 128 Å². The van der Waals surface area contributed by atoms with Gasteiger partial charge in [0.1, 0.15) is 0 Å². The molecule has 0 aromatic rings. The molecule has 0 saturated heterocycles. The second kappa shape index (κ2) is 14.7. The van der Waals surface area contributed by atoms with Gasteiger partial charge in [-0.2, -0.15) is 0 Å². The molecule has 0 aromatic heterocycles. The maximum Gasteiger partial charge on any atom is 0.0704 e. The normalized spacial score (nSPS) is 17.6. The van der Waals surface area contributed by atoms with Gasteiger partial charge in [0.15, 0.2) is 0 Å². The maximum atomic E-state index is 8.52. The van der Waals surface area contributed by atoms with Crippen molar-refractivity contribution in [2.45, 2.75) is 51.0 Å². The molecule has 21 heavy (non-hydrogen) atoms. The van der Waals surface area contributed by atoms with Crippen LogP contribution in [0.1, 0.15) is 44.9 Å². The van der Waals surface area contributed by atoms with Crippen LogP contribution in [0.5, 0.6) is 0 Å². The van der Waals surface area contributed by atoms with Crippen LogP contribution >= 0.6 is 0 Å². The Morgan fingerprint density at radius 2 is 1.10 bits per heavy atom. The molecule has 126 valence electrons. The lowest BCUT2D eigenvalue weighted by molar-refractivity contribution is -0.0254. The van der Waals surface area contributed by atoms with Crippen LogP contribution in [0.2, 0.25) is 0 Å². The molecule has 0 unspecified atom stereocenters. The summed E-state index contributed by atoms with van der Waals surface area (Å²) in [7, 11) is 0. The smallest absolute Gasteiger partial charge is 0.0704 e. The quantitative estimate of drug-likeness (QED) is 0.560. The summed E-state index contributed by atoms with van der Waals surface area (Å²) in [6, 6.07) is 0. The molecule has 0 amide bonds. The lowest BCUT2D eigenvalue weighted by Crippen LogP contribution is -2.18. The molecule has 0 atom stereocenters. The first-order valence-corrected chi connectivity index (χ1v) is 8.39. The highest BCUT2D eigenvalue weighted by atomic mass is 16.6. The summed E-state index contributed by atoms with van der Waals surface area (Å²) >= 11 is 0. The SMILES string of the molecule is OCCOCCOCCOCCOC1CCCCCCC1. The van der Waals surface area contributed by atoms with E-state index >= 15 is 0 Å². The molecule has 1 aliphatic rings. The van der Waals surface area contributed by atoms with E-state index in [1.54, 1.807) is 0 Å². The predicted octanol–water partition coefficient (Wildman–Crippen LogP) is 2.16. The molecule has 1 aliphatic carbocycles. The van der Waals surface area contributed by atoms with Crippen LogP contribution in [0.25, 0.3) is 0 Å². The van der Waals surface area contributed by atoms with E-state index in [-0.39, 0.29) is 6.61 Å². The molecular formula is C16H32O5. The van der Waals surface area contributed by atoms with Crippen molar-refractivity contribution in [3.05, 3.63) is 0 Å². The minimum atomic E-state index is 0.0596. The second-order valence-electron chi connectivity index (χ2n) is 5.40. The minimum absolute atomic E-state index is 0.0596. The fourth-order valence-corrected chi connectivity index (χ4v) is 2.47. The van der Waals surface area contributed by atoms with E-state index in [1.165, 1.54) is 44.9 Å². The van der Waals surface area contributed by atoms with E-state index < -0.39 is 0 Å². The van der Waals surface area contributed by atoms with Crippen LogP contribution in [0, 0.1) is 0 Å². The largest absolute Gasteiger partial charge is 0.394 e. The van der Waals surface area contributed by atoms with Crippen LogP contribution in [-0.2, 0) is 18.9 Å². The van der Waals surface area contributed by atoms with Gasteiger partial charge in [0.2, 0.25) is 0 Å². The Morgan fingerprint density at radius 1 is 0.619 bits per heavy atom. The van der Waals surface area contributed by atoms with Gasteiger partial charge in [-0.3, -0.25) is 0 Å². The summed E-state index contributed by atoms with van der Waals surface area (Å²) in [5, 5.41) is 8.52. The van der Waals surface area contributed by atoms with Crippen molar-refractivity contribution in [1.29, 1.82) is 0 Å². The fraction of sp³-hybridized carbons (Fsp3) is 1.00. The average molecular weight is 304 g/mol. The van der Waals surface area contributed by atoms with Gasteiger partial charge in [-0.1, -0.05) is 32.1 Å². The molecule has 1 fully saturated rings. The Balaban J connectivity index is 1.79. The third-order valence-corrected chi connectivity index (χ3v) is 3.61. The predicted molar refractivity (Wildman–Crippen MR) is 81.6 cm³/mol. The molecule has 0 aliphatic heterocycles. The summed E-state index contributed by atoms with van der Waals surface area (Å²) < 4.78 is 21.8. The molecule has 5 heteroatoms. The molecule has 0 radical (unpaired) electrons. The summed E-state index contributed by atoms with van der Waals surface area (Å²) in [6.45, 7) is 3.99. The van der Waals surface area contributed by atoms with Crippen LogP contribution < -0.4 is 0 Å². The molecule has 0 heterocycles. The molecule has 1 saturated carbocycles. The van der Waals surface area contributed by atoms with Gasteiger partial charge in [-0.15, -0.1) is 0 Å². The number of hydrogen-bond acceptors (Lipinski definition) is 5. The summed E-state index contributed by atoms with van der Waals surface area (Å²) in [4.78, 5) is 0. The van der Waals surface area contributed by atoms with E-state index in [2.05, 4.69) is 0 Å². The first-order chi connectivity index (χ1) is 10.4.